The number of piperidine rings is 1. The van der Waals surface area contributed by atoms with Gasteiger partial charge < -0.3 is 10.6 Å². The van der Waals surface area contributed by atoms with Gasteiger partial charge >= 0.3 is 0 Å². The standard InChI is InChI=1S/C19H29N7O2S/c1-3-20-19(22-14-18-23-15-24-25(18)2)21-13-16-9-11-26(12-10-16)29(27,28)17-7-5-4-6-8-17/h4-8,15-16H,3,9-14H2,1-2H3,(H2,20,21,22). The lowest BCUT2D eigenvalue weighted by molar-refractivity contribution is 0.273. The fourth-order valence-corrected chi connectivity index (χ4v) is 4.78. The quantitative estimate of drug-likeness (QED) is 0.512. The van der Waals surface area contributed by atoms with E-state index in [1.807, 2.05) is 20.0 Å². The molecule has 1 fully saturated rings. The second-order valence-corrected chi connectivity index (χ2v) is 8.97. The molecule has 158 valence electrons. The molecule has 10 heteroatoms. The highest BCUT2D eigenvalue weighted by Gasteiger charge is 2.29. The molecule has 0 atom stereocenters. The number of hydrogen-bond acceptors (Lipinski definition) is 5. The molecule has 1 aromatic carbocycles. The van der Waals surface area contributed by atoms with Gasteiger partial charge in [-0.1, -0.05) is 18.2 Å². The second-order valence-electron chi connectivity index (χ2n) is 7.04. The third-order valence-electron chi connectivity index (χ3n) is 5.04. The molecule has 0 unspecified atom stereocenters. The number of nitrogens with zero attached hydrogens (tertiary/aromatic N) is 5. The molecule has 29 heavy (non-hydrogen) atoms. The van der Waals surface area contributed by atoms with Crippen molar-refractivity contribution in [2.24, 2.45) is 18.0 Å². The molecule has 0 amide bonds. The van der Waals surface area contributed by atoms with Gasteiger partial charge in [0.1, 0.15) is 18.7 Å². The molecular formula is C19H29N7O2S. The summed E-state index contributed by atoms with van der Waals surface area (Å²) in [6, 6.07) is 8.64. The first-order chi connectivity index (χ1) is 14.0. The van der Waals surface area contributed by atoms with Crippen molar-refractivity contribution < 1.29 is 8.42 Å². The fourth-order valence-electron chi connectivity index (χ4n) is 3.29. The van der Waals surface area contributed by atoms with Crippen LogP contribution in [-0.2, 0) is 23.6 Å². The molecule has 2 N–H and O–H groups in total. The van der Waals surface area contributed by atoms with E-state index in [1.165, 1.54) is 6.33 Å². The molecule has 0 spiro atoms. The van der Waals surface area contributed by atoms with Crippen LogP contribution in [0.5, 0.6) is 0 Å². The van der Waals surface area contributed by atoms with Crippen LogP contribution in [0, 0.1) is 5.92 Å². The number of benzene rings is 1. The SMILES string of the molecule is CCNC(=NCc1ncnn1C)NCC1CCN(S(=O)(=O)c2ccccc2)CC1. The molecule has 9 nitrogen and oxygen atoms in total. The average molecular weight is 420 g/mol. The summed E-state index contributed by atoms with van der Waals surface area (Å²) in [4.78, 5) is 9.10. The van der Waals surface area contributed by atoms with Crippen molar-refractivity contribution in [1.82, 2.24) is 29.7 Å². The molecule has 2 aromatic rings. The van der Waals surface area contributed by atoms with E-state index < -0.39 is 10.0 Å². The molecule has 1 aliphatic rings. The van der Waals surface area contributed by atoms with E-state index in [2.05, 4.69) is 25.7 Å². The highest BCUT2D eigenvalue weighted by Crippen LogP contribution is 2.23. The zero-order valence-electron chi connectivity index (χ0n) is 17.0. The second kappa shape index (κ2) is 9.84. The highest BCUT2D eigenvalue weighted by atomic mass is 32.2. The Morgan fingerprint density at radius 1 is 1.21 bits per heavy atom. The smallest absolute Gasteiger partial charge is 0.243 e. The van der Waals surface area contributed by atoms with Crippen molar-refractivity contribution in [1.29, 1.82) is 0 Å². The third-order valence-corrected chi connectivity index (χ3v) is 6.95. The van der Waals surface area contributed by atoms with Crippen LogP contribution in [0.2, 0.25) is 0 Å². The average Bonchev–Trinajstić information content (AvgIpc) is 3.16. The van der Waals surface area contributed by atoms with Gasteiger partial charge in [0.25, 0.3) is 0 Å². The topological polar surface area (TPSA) is 105 Å². The summed E-state index contributed by atoms with van der Waals surface area (Å²) < 4.78 is 28.8. The van der Waals surface area contributed by atoms with Crippen molar-refractivity contribution in [2.75, 3.05) is 26.2 Å². The number of aromatic nitrogens is 3. The molecule has 3 rings (SSSR count). The van der Waals surface area contributed by atoms with E-state index >= 15 is 0 Å². The zero-order valence-corrected chi connectivity index (χ0v) is 17.8. The van der Waals surface area contributed by atoms with Crippen molar-refractivity contribution in [2.45, 2.75) is 31.2 Å². The molecule has 0 saturated carbocycles. The lowest BCUT2D eigenvalue weighted by atomic mass is 9.98. The molecule has 0 bridgehead atoms. The number of sulfonamides is 1. The van der Waals surface area contributed by atoms with Gasteiger partial charge in [-0.15, -0.1) is 0 Å². The number of rotatable bonds is 7. The Kier molecular flexibility index (Phi) is 7.21. The van der Waals surface area contributed by atoms with Gasteiger partial charge in [0.2, 0.25) is 10.0 Å². The first kappa shape index (κ1) is 21.3. The molecule has 1 aromatic heterocycles. The van der Waals surface area contributed by atoms with Gasteiger partial charge in [-0.2, -0.15) is 9.40 Å². The van der Waals surface area contributed by atoms with Gasteiger partial charge in [0, 0.05) is 33.2 Å². The maximum Gasteiger partial charge on any atom is 0.243 e. The van der Waals surface area contributed by atoms with Gasteiger partial charge in [-0.3, -0.25) is 4.68 Å². The summed E-state index contributed by atoms with van der Waals surface area (Å²) in [7, 11) is -1.56. The van der Waals surface area contributed by atoms with Crippen LogP contribution >= 0.6 is 0 Å². The van der Waals surface area contributed by atoms with E-state index in [0.717, 1.165) is 37.7 Å². The number of aryl methyl sites for hydroxylation is 1. The predicted octanol–water partition coefficient (Wildman–Crippen LogP) is 0.971. The molecule has 2 heterocycles. The fraction of sp³-hybridized carbons (Fsp3) is 0.526. The third kappa shape index (κ3) is 5.54. The van der Waals surface area contributed by atoms with Crippen molar-refractivity contribution >= 4 is 16.0 Å². The highest BCUT2D eigenvalue weighted by molar-refractivity contribution is 7.89. The van der Waals surface area contributed by atoms with E-state index in [4.69, 9.17) is 0 Å². The monoisotopic (exact) mass is 419 g/mol. The van der Waals surface area contributed by atoms with E-state index in [0.29, 0.717) is 30.4 Å². The van der Waals surface area contributed by atoms with E-state index in [9.17, 15) is 8.42 Å². The Labute approximate surface area is 172 Å². The minimum Gasteiger partial charge on any atom is -0.357 e. The van der Waals surface area contributed by atoms with Crippen molar-refractivity contribution in [3.05, 3.63) is 42.5 Å². The lowest BCUT2D eigenvalue weighted by Crippen LogP contribution is -2.44. The van der Waals surface area contributed by atoms with Gasteiger partial charge in [0.15, 0.2) is 5.96 Å². The normalized spacial score (nSPS) is 16.7. The number of hydrogen-bond donors (Lipinski definition) is 2. The summed E-state index contributed by atoms with van der Waals surface area (Å²) in [5, 5.41) is 10.7. The largest absolute Gasteiger partial charge is 0.357 e. The Hall–Kier alpha value is -2.46. The number of guanidine groups is 1. The predicted molar refractivity (Wildman–Crippen MR) is 112 cm³/mol. The van der Waals surface area contributed by atoms with Crippen LogP contribution in [-0.4, -0.2) is 59.6 Å². The minimum absolute atomic E-state index is 0.363. The summed E-state index contributed by atoms with van der Waals surface area (Å²) in [6.45, 7) is 5.06. The van der Waals surface area contributed by atoms with Crippen molar-refractivity contribution in [3.63, 3.8) is 0 Å². The molecule has 1 aliphatic heterocycles. The van der Waals surface area contributed by atoms with E-state index in [-0.39, 0.29) is 0 Å². The molecule has 0 radical (unpaired) electrons. The van der Waals surface area contributed by atoms with Crippen LogP contribution in [0.15, 0.2) is 46.5 Å². The Balaban J connectivity index is 1.51. The number of nitrogens with one attached hydrogen (secondary N) is 2. The van der Waals surface area contributed by atoms with E-state index in [1.54, 1.807) is 33.3 Å². The van der Waals surface area contributed by atoms with Crippen LogP contribution in [0.4, 0.5) is 0 Å². The van der Waals surface area contributed by atoms with Gasteiger partial charge in [-0.05, 0) is 37.8 Å². The Bertz CT molecular complexity index is 904. The van der Waals surface area contributed by atoms with Crippen LogP contribution in [0.25, 0.3) is 0 Å². The Morgan fingerprint density at radius 3 is 2.55 bits per heavy atom. The van der Waals surface area contributed by atoms with Gasteiger partial charge in [-0.25, -0.2) is 18.4 Å². The summed E-state index contributed by atoms with van der Waals surface area (Å²) in [6.07, 6.45) is 3.16. The summed E-state index contributed by atoms with van der Waals surface area (Å²) in [5.41, 5.74) is 0. The Morgan fingerprint density at radius 2 is 1.93 bits per heavy atom. The molecule has 0 aliphatic carbocycles. The summed E-state index contributed by atoms with van der Waals surface area (Å²) >= 11 is 0. The van der Waals surface area contributed by atoms with Crippen LogP contribution < -0.4 is 10.6 Å². The lowest BCUT2D eigenvalue weighted by Gasteiger charge is -2.31. The first-order valence-corrected chi connectivity index (χ1v) is 11.3. The minimum atomic E-state index is -3.40. The van der Waals surface area contributed by atoms with Crippen LogP contribution in [0.3, 0.4) is 0 Å². The van der Waals surface area contributed by atoms with Crippen molar-refractivity contribution in [3.8, 4) is 0 Å². The molecule has 1 saturated heterocycles. The summed E-state index contributed by atoms with van der Waals surface area (Å²) in [5.74, 6) is 1.92. The first-order valence-electron chi connectivity index (χ1n) is 9.91. The maximum absolute atomic E-state index is 12.7. The maximum atomic E-state index is 12.7. The molecular weight excluding hydrogens is 390 g/mol. The zero-order chi connectivity index (χ0) is 20.7. The number of aliphatic imine (C=N–C) groups is 1. The van der Waals surface area contributed by atoms with Crippen LogP contribution in [0.1, 0.15) is 25.6 Å². The van der Waals surface area contributed by atoms with Gasteiger partial charge in [0.05, 0.1) is 4.90 Å².